The number of hydrogen-bond acceptors (Lipinski definition) is 3. The van der Waals surface area contributed by atoms with Crippen molar-refractivity contribution < 1.29 is 13.9 Å². The molecule has 0 saturated carbocycles. The zero-order valence-corrected chi connectivity index (χ0v) is 11.3. The van der Waals surface area contributed by atoms with Crippen LogP contribution >= 0.6 is 0 Å². The van der Waals surface area contributed by atoms with Gasteiger partial charge in [-0.05, 0) is 24.6 Å². The summed E-state index contributed by atoms with van der Waals surface area (Å²) in [5, 5.41) is 0. The zero-order valence-electron chi connectivity index (χ0n) is 11.3. The number of benzene rings is 1. The van der Waals surface area contributed by atoms with Gasteiger partial charge in [0.25, 0.3) is 0 Å². The van der Waals surface area contributed by atoms with Gasteiger partial charge >= 0.3 is 0 Å². The van der Waals surface area contributed by atoms with E-state index in [1.54, 1.807) is 18.4 Å². The van der Waals surface area contributed by atoms with E-state index in [9.17, 15) is 4.79 Å². The summed E-state index contributed by atoms with van der Waals surface area (Å²) < 4.78 is 10.9. The third kappa shape index (κ3) is 2.87. The number of furan rings is 1. The molecule has 3 nitrogen and oxygen atoms in total. The van der Waals surface area contributed by atoms with Crippen LogP contribution in [-0.2, 0) is 6.42 Å². The highest BCUT2D eigenvalue weighted by atomic mass is 16.5. The molecule has 0 amide bonds. The van der Waals surface area contributed by atoms with Crippen molar-refractivity contribution in [1.82, 2.24) is 0 Å². The van der Waals surface area contributed by atoms with Crippen molar-refractivity contribution in [2.75, 3.05) is 6.61 Å². The van der Waals surface area contributed by atoms with Crippen molar-refractivity contribution in [1.29, 1.82) is 0 Å². The molecule has 0 aliphatic rings. The molecule has 0 saturated heterocycles. The Kier molecular flexibility index (Phi) is 4.39. The van der Waals surface area contributed by atoms with Crippen LogP contribution in [0.25, 0.3) is 0 Å². The smallest absolute Gasteiger partial charge is 0.200 e. The highest BCUT2D eigenvalue weighted by molar-refractivity contribution is 6.11. The summed E-state index contributed by atoms with van der Waals surface area (Å²) in [5.41, 5.74) is 1.21. The first-order valence-electron chi connectivity index (χ1n) is 6.60. The Bertz CT molecular complexity index is 555. The molecule has 2 rings (SSSR count). The number of rotatable bonds is 6. The van der Waals surface area contributed by atoms with Gasteiger partial charge in [-0.2, -0.15) is 0 Å². The van der Waals surface area contributed by atoms with E-state index in [4.69, 9.17) is 9.15 Å². The molecule has 1 aromatic carbocycles. The predicted octanol–water partition coefficient (Wildman–Crippen LogP) is 3.86. The SMILES string of the molecule is CCCOc1ccccc1C(=O)c1ccoc1CC. The van der Waals surface area contributed by atoms with Gasteiger partial charge in [-0.25, -0.2) is 0 Å². The first-order chi connectivity index (χ1) is 9.27. The number of aryl methyl sites for hydroxylation is 1. The minimum atomic E-state index is -0.0442. The Hall–Kier alpha value is -2.03. The van der Waals surface area contributed by atoms with E-state index >= 15 is 0 Å². The van der Waals surface area contributed by atoms with E-state index in [1.165, 1.54) is 0 Å². The molecule has 2 aromatic rings. The Labute approximate surface area is 113 Å². The van der Waals surface area contributed by atoms with Crippen LogP contribution in [-0.4, -0.2) is 12.4 Å². The van der Waals surface area contributed by atoms with Crippen LogP contribution < -0.4 is 4.74 Å². The van der Waals surface area contributed by atoms with Gasteiger partial charge in [-0.1, -0.05) is 26.0 Å². The number of ketones is 1. The van der Waals surface area contributed by atoms with Gasteiger partial charge in [0.15, 0.2) is 5.78 Å². The predicted molar refractivity (Wildman–Crippen MR) is 73.7 cm³/mol. The summed E-state index contributed by atoms with van der Waals surface area (Å²) in [7, 11) is 0. The summed E-state index contributed by atoms with van der Waals surface area (Å²) in [6.45, 7) is 4.61. The Morgan fingerprint density at radius 1 is 1.16 bits per heavy atom. The average Bonchev–Trinajstić information content (AvgIpc) is 2.93. The van der Waals surface area contributed by atoms with Gasteiger partial charge < -0.3 is 9.15 Å². The van der Waals surface area contributed by atoms with E-state index in [0.717, 1.165) is 12.2 Å². The summed E-state index contributed by atoms with van der Waals surface area (Å²) in [5.74, 6) is 1.31. The van der Waals surface area contributed by atoms with Gasteiger partial charge in [-0.3, -0.25) is 4.79 Å². The highest BCUT2D eigenvalue weighted by Crippen LogP contribution is 2.24. The van der Waals surface area contributed by atoms with E-state index in [-0.39, 0.29) is 5.78 Å². The van der Waals surface area contributed by atoms with Crippen LogP contribution in [0.1, 0.15) is 41.9 Å². The van der Waals surface area contributed by atoms with Crippen LogP contribution in [0.2, 0.25) is 0 Å². The fraction of sp³-hybridized carbons (Fsp3) is 0.312. The van der Waals surface area contributed by atoms with Gasteiger partial charge in [0.2, 0.25) is 0 Å². The van der Waals surface area contributed by atoms with Crippen LogP contribution in [0, 0.1) is 0 Å². The standard InChI is InChI=1S/C16H18O3/c1-3-10-18-15-8-6-5-7-12(15)16(17)13-9-11-19-14(13)4-2/h5-9,11H,3-4,10H2,1-2H3. The molecule has 0 fully saturated rings. The third-order valence-electron chi connectivity index (χ3n) is 2.90. The van der Waals surface area contributed by atoms with Gasteiger partial charge in [0.05, 0.1) is 24.0 Å². The molecule has 1 aromatic heterocycles. The average molecular weight is 258 g/mol. The maximum absolute atomic E-state index is 12.5. The lowest BCUT2D eigenvalue weighted by atomic mass is 10.0. The maximum Gasteiger partial charge on any atom is 0.200 e. The van der Waals surface area contributed by atoms with Crippen LogP contribution in [0.3, 0.4) is 0 Å². The monoisotopic (exact) mass is 258 g/mol. The number of ether oxygens (including phenoxy) is 1. The van der Waals surface area contributed by atoms with Crippen molar-refractivity contribution in [3.8, 4) is 5.75 Å². The lowest BCUT2D eigenvalue weighted by molar-refractivity contribution is 0.103. The van der Waals surface area contributed by atoms with E-state index in [2.05, 4.69) is 0 Å². The lowest BCUT2D eigenvalue weighted by Gasteiger charge is -2.09. The summed E-state index contributed by atoms with van der Waals surface area (Å²) in [4.78, 5) is 12.5. The normalized spacial score (nSPS) is 10.4. The molecule has 0 bridgehead atoms. The van der Waals surface area contributed by atoms with E-state index in [0.29, 0.717) is 29.9 Å². The molecule has 0 unspecified atom stereocenters. The fourth-order valence-corrected chi connectivity index (χ4v) is 1.95. The molecule has 0 N–H and O–H groups in total. The number of hydrogen-bond donors (Lipinski definition) is 0. The number of carbonyl (C=O) groups is 1. The van der Waals surface area contributed by atoms with Gasteiger partial charge in [0, 0.05) is 6.42 Å². The fourth-order valence-electron chi connectivity index (χ4n) is 1.95. The second kappa shape index (κ2) is 6.23. The van der Waals surface area contributed by atoms with Crippen LogP contribution in [0.5, 0.6) is 5.75 Å². The second-order valence-electron chi connectivity index (χ2n) is 4.28. The number of carbonyl (C=O) groups excluding carboxylic acids is 1. The van der Waals surface area contributed by atoms with E-state index < -0.39 is 0 Å². The first-order valence-corrected chi connectivity index (χ1v) is 6.60. The largest absolute Gasteiger partial charge is 0.493 e. The lowest BCUT2D eigenvalue weighted by Crippen LogP contribution is -2.07. The quantitative estimate of drug-likeness (QED) is 0.738. The minimum absolute atomic E-state index is 0.0442. The van der Waals surface area contributed by atoms with Gasteiger partial charge in [-0.15, -0.1) is 0 Å². The van der Waals surface area contributed by atoms with Gasteiger partial charge in [0.1, 0.15) is 11.5 Å². The molecule has 0 atom stereocenters. The Morgan fingerprint density at radius 3 is 2.68 bits per heavy atom. The minimum Gasteiger partial charge on any atom is -0.493 e. The molecule has 3 heteroatoms. The summed E-state index contributed by atoms with van der Waals surface area (Å²) >= 11 is 0. The maximum atomic E-state index is 12.5. The summed E-state index contributed by atoms with van der Waals surface area (Å²) in [6.07, 6.45) is 3.17. The highest BCUT2D eigenvalue weighted by Gasteiger charge is 2.18. The molecule has 1 heterocycles. The van der Waals surface area contributed by atoms with Crippen molar-refractivity contribution in [3.63, 3.8) is 0 Å². The molecule has 0 radical (unpaired) electrons. The van der Waals surface area contributed by atoms with Crippen molar-refractivity contribution in [2.45, 2.75) is 26.7 Å². The van der Waals surface area contributed by atoms with E-state index in [1.807, 2.05) is 32.0 Å². The molecular formula is C16H18O3. The van der Waals surface area contributed by atoms with Crippen molar-refractivity contribution in [2.24, 2.45) is 0 Å². The van der Waals surface area contributed by atoms with Crippen LogP contribution in [0.15, 0.2) is 41.0 Å². The van der Waals surface area contributed by atoms with Crippen molar-refractivity contribution in [3.05, 3.63) is 53.5 Å². The molecule has 0 aliphatic heterocycles. The molecular weight excluding hydrogens is 240 g/mol. The van der Waals surface area contributed by atoms with Crippen molar-refractivity contribution >= 4 is 5.78 Å². The third-order valence-corrected chi connectivity index (χ3v) is 2.90. The summed E-state index contributed by atoms with van der Waals surface area (Å²) in [6, 6.07) is 9.06. The second-order valence-corrected chi connectivity index (χ2v) is 4.28. The Balaban J connectivity index is 2.33. The molecule has 0 aliphatic carbocycles. The van der Waals surface area contributed by atoms with Crippen LogP contribution in [0.4, 0.5) is 0 Å². The topological polar surface area (TPSA) is 39.4 Å². The Morgan fingerprint density at radius 2 is 1.95 bits per heavy atom. The number of para-hydroxylation sites is 1. The first kappa shape index (κ1) is 13.4. The zero-order chi connectivity index (χ0) is 13.7. The molecule has 0 spiro atoms. The molecule has 19 heavy (non-hydrogen) atoms. The molecule has 100 valence electrons.